The lowest BCUT2D eigenvalue weighted by atomic mass is 9.82. The molecule has 2 bridgehead atoms. The fourth-order valence-electron chi connectivity index (χ4n) is 3.16. The van der Waals surface area contributed by atoms with Gasteiger partial charge < -0.3 is 0 Å². The lowest BCUT2D eigenvalue weighted by Gasteiger charge is -2.20. The zero-order valence-electron chi connectivity index (χ0n) is 8.15. The molecule has 1 nitrogen and oxygen atoms in total. The second kappa shape index (κ2) is 2.94. The van der Waals surface area contributed by atoms with Gasteiger partial charge >= 0.3 is 0 Å². The minimum Gasteiger partial charge on any atom is -0.299 e. The van der Waals surface area contributed by atoms with Crippen LogP contribution in [0.1, 0.15) is 30.7 Å². The number of fused-ring (bicyclic) bond motifs is 2. The third-order valence-corrected chi connectivity index (χ3v) is 3.81. The van der Waals surface area contributed by atoms with Gasteiger partial charge in [0, 0.05) is 11.8 Å². The van der Waals surface area contributed by atoms with E-state index in [2.05, 4.69) is 12.1 Å². The van der Waals surface area contributed by atoms with Crippen LogP contribution in [0.4, 0.5) is 0 Å². The molecule has 0 aliphatic heterocycles. The molecule has 0 heterocycles. The van der Waals surface area contributed by atoms with E-state index in [9.17, 15) is 4.79 Å². The van der Waals surface area contributed by atoms with E-state index >= 15 is 0 Å². The molecule has 1 aromatic carbocycles. The number of ketones is 1. The molecule has 2 fully saturated rings. The average Bonchev–Trinajstić information content (AvgIpc) is 2.79. The Kier molecular flexibility index (Phi) is 1.73. The van der Waals surface area contributed by atoms with Gasteiger partial charge in [-0.3, -0.25) is 4.79 Å². The van der Waals surface area contributed by atoms with E-state index in [0.717, 1.165) is 12.8 Å². The van der Waals surface area contributed by atoms with Crippen LogP contribution in [0.25, 0.3) is 0 Å². The quantitative estimate of drug-likeness (QED) is 0.659. The third-order valence-electron chi connectivity index (χ3n) is 3.81. The molecule has 1 aromatic rings. The van der Waals surface area contributed by atoms with E-state index in [-0.39, 0.29) is 5.92 Å². The molecule has 72 valence electrons. The molecule has 0 N–H and O–H groups in total. The summed E-state index contributed by atoms with van der Waals surface area (Å²) >= 11 is 0. The van der Waals surface area contributed by atoms with Gasteiger partial charge in [-0.05, 0) is 30.7 Å². The SMILES string of the molecule is O=C1C2CCC(C2)[C@@H]1c1ccccc1. The monoisotopic (exact) mass is 186 g/mol. The van der Waals surface area contributed by atoms with Crippen molar-refractivity contribution in [3.8, 4) is 0 Å². The zero-order chi connectivity index (χ0) is 9.54. The summed E-state index contributed by atoms with van der Waals surface area (Å²) in [5.41, 5.74) is 1.24. The lowest BCUT2D eigenvalue weighted by molar-refractivity contribution is -0.123. The van der Waals surface area contributed by atoms with Crippen molar-refractivity contribution in [2.75, 3.05) is 0 Å². The van der Waals surface area contributed by atoms with Crippen molar-refractivity contribution in [2.24, 2.45) is 11.8 Å². The molecular formula is C13H14O. The van der Waals surface area contributed by atoms with Crippen molar-refractivity contribution in [3.05, 3.63) is 35.9 Å². The second-order valence-electron chi connectivity index (χ2n) is 4.56. The first kappa shape index (κ1) is 8.22. The highest BCUT2D eigenvalue weighted by atomic mass is 16.1. The van der Waals surface area contributed by atoms with Crippen molar-refractivity contribution < 1.29 is 4.79 Å². The maximum Gasteiger partial charge on any atom is 0.143 e. The zero-order valence-corrected chi connectivity index (χ0v) is 8.15. The topological polar surface area (TPSA) is 17.1 Å². The fraction of sp³-hybridized carbons (Fsp3) is 0.462. The van der Waals surface area contributed by atoms with Crippen molar-refractivity contribution >= 4 is 5.78 Å². The van der Waals surface area contributed by atoms with Crippen LogP contribution >= 0.6 is 0 Å². The molecule has 0 saturated heterocycles. The maximum absolute atomic E-state index is 12.0. The van der Waals surface area contributed by atoms with Gasteiger partial charge in [0.25, 0.3) is 0 Å². The van der Waals surface area contributed by atoms with Crippen LogP contribution in [0, 0.1) is 11.8 Å². The second-order valence-corrected chi connectivity index (χ2v) is 4.56. The average molecular weight is 186 g/mol. The molecule has 3 atom stereocenters. The summed E-state index contributed by atoms with van der Waals surface area (Å²) < 4.78 is 0. The van der Waals surface area contributed by atoms with E-state index in [1.165, 1.54) is 12.0 Å². The van der Waals surface area contributed by atoms with Crippen molar-refractivity contribution in [1.29, 1.82) is 0 Å². The molecule has 3 rings (SSSR count). The highest BCUT2D eigenvalue weighted by molar-refractivity contribution is 5.91. The van der Waals surface area contributed by atoms with Gasteiger partial charge in [-0.2, -0.15) is 0 Å². The number of hydrogen-bond acceptors (Lipinski definition) is 1. The molecule has 2 aliphatic rings. The molecular weight excluding hydrogens is 172 g/mol. The van der Waals surface area contributed by atoms with Gasteiger partial charge in [0.1, 0.15) is 5.78 Å². The molecule has 14 heavy (non-hydrogen) atoms. The molecule has 2 saturated carbocycles. The summed E-state index contributed by atoms with van der Waals surface area (Å²) in [6.45, 7) is 0. The molecule has 0 radical (unpaired) electrons. The van der Waals surface area contributed by atoms with E-state index < -0.39 is 0 Å². The number of carbonyl (C=O) groups excluding carboxylic acids is 1. The summed E-state index contributed by atoms with van der Waals surface area (Å²) in [5.74, 6) is 1.78. The van der Waals surface area contributed by atoms with Crippen molar-refractivity contribution in [1.82, 2.24) is 0 Å². The number of benzene rings is 1. The van der Waals surface area contributed by atoms with Crippen LogP contribution in [0.2, 0.25) is 0 Å². The summed E-state index contributed by atoms with van der Waals surface area (Å²) in [7, 11) is 0. The highest BCUT2D eigenvalue weighted by Gasteiger charge is 2.46. The predicted molar refractivity (Wildman–Crippen MR) is 55.0 cm³/mol. The lowest BCUT2D eigenvalue weighted by Crippen LogP contribution is -2.19. The Bertz CT molecular complexity index is 355. The summed E-state index contributed by atoms with van der Waals surface area (Å²) in [6, 6.07) is 10.3. The highest BCUT2D eigenvalue weighted by Crippen LogP contribution is 2.50. The normalized spacial score (nSPS) is 35.1. The Hall–Kier alpha value is -1.11. The Labute approximate surface area is 84.1 Å². The third kappa shape index (κ3) is 1.05. The van der Waals surface area contributed by atoms with Crippen molar-refractivity contribution in [3.63, 3.8) is 0 Å². The Morgan fingerprint density at radius 2 is 1.86 bits per heavy atom. The smallest absolute Gasteiger partial charge is 0.143 e. The predicted octanol–water partition coefficient (Wildman–Crippen LogP) is 2.77. The van der Waals surface area contributed by atoms with Crippen LogP contribution in [0.3, 0.4) is 0 Å². The van der Waals surface area contributed by atoms with Crippen LogP contribution in [0.5, 0.6) is 0 Å². The van der Waals surface area contributed by atoms with Gasteiger partial charge in [0.05, 0.1) is 0 Å². The van der Waals surface area contributed by atoms with E-state index in [4.69, 9.17) is 0 Å². The Morgan fingerprint density at radius 3 is 2.50 bits per heavy atom. The summed E-state index contributed by atoms with van der Waals surface area (Å²) in [4.78, 5) is 12.0. The van der Waals surface area contributed by atoms with Gasteiger partial charge in [-0.15, -0.1) is 0 Å². The minimum absolute atomic E-state index is 0.231. The number of carbonyl (C=O) groups is 1. The molecule has 0 aromatic heterocycles. The fourth-order valence-corrected chi connectivity index (χ4v) is 3.16. The largest absolute Gasteiger partial charge is 0.299 e. The first-order valence-electron chi connectivity index (χ1n) is 5.45. The summed E-state index contributed by atoms with van der Waals surface area (Å²) in [6.07, 6.45) is 3.56. The van der Waals surface area contributed by atoms with Crippen LogP contribution in [0.15, 0.2) is 30.3 Å². The van der Waals surface area contributed by atoms with E-state index in [0.29, 0.717) is 17.6 Å². The van der Waals surface area contributed by atoms with E-state index in [1.54, 1.807) is 0 Å². The number of hydrogen-bond donors (Lipinski definition) is 0. The summed E-state index contributed by atoms with van der Waals surface area (Å²) in [5, 5.41) is 0. The van der Waals surface area contributed by atoms with Crippen LogP contribution < -0.4 is 0 Å². The number of Topliss-reactive ketones (excluding diaryl/α,β-unsaturated/α-hetero) is 1. The van der Waals surface area contributed by atoms with Gasteiger partial charge in [-0.25, -0.2) is 0 Å². The molecule has 2 aliphatic carbocycles. The molecule has 0 spiro atoms. The Balaban J connectivity index is 1.97. The molecule has 2 unspecified atom stereocenters. The first-order valence-corrected chi connectivity index (χ1v) is 5.45. The van der Waals surface area contributed by atoms with Gasteiger partial charge in [-0.1, -0.05) is 30.3 Å². The molecule has 1 heteroatoms. The van der Waals surface area contributed by atoms with Crippen LogP contribution in [-0.4, -0.2) is 5.78 Å². The molecule has 0 amide bonds. The van der Waals surface area contributed by atoms with Crippen LogP contribution in [-0.2, 0) is 4.79 Å². The van der Waals surface area contributed by atoms with Gasteiger partial charge in [0.2, 0.25) is 0 Å². The number of rotatable bonds is 1. The minimum atomic E-state index is 0.231. The van der Waals surface area contributed by atoms with Gasteiger partial charge in [0.15, 0.2) is 0 Å². The maximum atomic E-state index is 12.0. The van der Waals surface area contributed by atoms with Crippen molar-refractivity contribution in [2.45, 2.75) is 25.2 Å². The Morgan fingerprint density at radius 1 is 1.07 bits per heavy atom. The van der Waals surface area contributed by atoms with E-state index in [1.807, 2.05) is 18.2 Å². The first-order chi connectivity index (χ1) is 6.86. The standard InChI is InChI=1S/C13H14O/c14-13-11-7-6-10(8-11)12(13)9-4-2-1-3-5-9/h1-5,10-12H,6-8H2/t10?,11?,12-/m0/s1.